The average molecular weight is 354 g/mol. The summed E-state index contributed by atoms with van der Waals surface area (Å²) in [6, 6.07) is 0. The van der Waals surface area contributed by atoms with Crippen molar-refractivity contribution in [2.24, 2.45) is 5.92 Å². The number of carbonyl (C=O) groups is 1. The van der Waals surface area contributed by atoms with Crippen molar-refractivity contribution in [1.82, 2.24) is 0 Å². The Morgan fingerprint density at radius 3 is 1.48 bits per heavy atom. The van der Waals surface area contributed by atoms with Crippen LogP contribution < -0.4 is 0 Å². The lowest BCUT2D eigenvalue weighted by Gasteiger charge is -2.07. The average Bonchev–Trinajstić information content (AvgIpc) is 2.63. The third kappa shape index (κ3) is 17.7. The predicted molar refractivity (Wildman–Crippen MR) is 108 cm³/mol. The fraction of sp³-hybridized carbons (Fsp3) is 0.909. The van der Waals surface area contributed by atoms with E-state index in [1.165, 1.54) is 89.9 Å². The van der Waals surface area contributed by atoms with Crippen molar-refractivity contribution in [1.29, 1.82) is 5.41 Å². The summed E-state index contributed by atoms with van der Waals surface area (Å²) in [5, 5.41) is 7.02. The second-order valence-electron chi connectivity index (χ2n) is 7.43. The zero-order chi connectivity index (χ0) is 18.6. The maximum Gasteiger partial charge on any atom is 0.314 e. The van der Waals surface area contributed by atoms with E-state index in [0.29, 0.717) is 6.61 Å². The summed E-state index contributed by atoms with van der Waals surface area (Å²) < 4.78 is 5.12. The molecule has 0 rings (SSSR count). The van der Waals surface area contributed by atoms with E-state index in [-0.39, 0.29) is 5.97 Å². The molecule has 25 heavy (non-hydrogen) atoms. The van der Waals surface area contributed by atoms with Gasteiger partial charge in [-0.05, 0) is 13.3 Å². The molecule has 0 heterocycles. The van der Waals surface area contributed by atoms with Gasteiger partial charge in [0.25, 0.3) is 0 Å². The minimum Gasteiger partial charge on any atom is -0.465 e. The highest BCUT2D eigenvalue weighted by Crippen LogP contribution is 2.13. The number of hydrogen-bond acceptors (Lipinski definition) is 3. The number of carbonyl (C=O) groups excluding carboxylic acids is 1. The third-order valence-electron chi connectivity index (χ3n) is 4.86. The van der Waals surface area contributed by atoms with Gasteiger partial charge in [-0.3, -0.25) is 4.79 Å². The van der Waals surface area contributed by atoms with E-state index < -0.39 is 5.92 Å². The molecule has 3 nitrogen and oxygen atoms in total. The molecule has 0 aliphatic heterocycles. The molecule has 0 bridgehead atoms. The van der Waals surface area contributed by atoms with Crippen LogP contribution in [0.3, 0.4) is 0 Å². The summed E-state index contributed by atoms with van der Waals surface area (Å²) in [6.07, 6.45) is 22.7. The molecule has 0 fully saturated rings. The van der Waals surface area contributed by atoms with E-state index in [9.17, 15) is 4.79 Å². The smallest absolute Gasteiger partial charge is 0.314 e. The molecule has 0 amide bonds. The first-order valence-corrected chi connectivity index (χ1v) is 10.9. The molecule has 1 atom stereocenters. The third-order valence-corrected chi connectivity index (χ3v) is 4.86. The zero-order valence-corrected chi connectivity index (χ0v) is 17.0. The maximum absolute atomic E-state index is 11.4. The van der Waals surface area contributed by atoms with E-state index in [2.05, 4.69) is 6.92 Å². The number of rotatable bonds is 19. The number of nitrogens with one attached hydrogen (secondary N) is 1. The molecule has 1 N–H and O–H groups in total. The minimum atomic E-state index is -0.402. The normalized spacial score (nSPS) is 12.1. The molecule has 148 valence electrons. The molecule has 3 heteroatoms. The van der Waals surface area contributed by atoms with Crippen molar-refractivity contribution < 1.29 is 9.53 Å². The molecule has 0 saturated carbocycles. The van der Waals surface area contributed by atoms with Gasteiger partial charge in [0.15, 0.2) is 0 Å². The van der Waals surface area contributed by atoms with Gasteiger partial charge in [0.05, 0.1) is 12.5 Å². The first kappa shape index (κ1) is 24.1. The fourth-order valence-corrected chi connectivity index (χ4v) is 3.02. The van der Waals surface area contributed by atoms with Crippen LogP contribution in [0.4, 0.5) is 0 Å². The van der Waals surface area contributed by atoms with E-state index in [4.69, 9.17) is 10.1 Å². The fourth-order valence-electron chi connectivity index (χ4n) is 3.02. The Hall–Kier alpha value is -0.860. The topological polar surface area (TPSA) is 50.2 Å². The van der Waals surface area contributed by atoms with Crippen LogP contribution in [0.2, 0.25) is 0 Å². The van der Waals surface area contributed by atoms with Crippen LogP contribution in [-0.4, -0.2) is 18.8 Å². The van der Waals surface area contributed by atoms with Crippen molar-refractivity contribution in [3.63, 3.8) is 0 Å². The molecule has 0 aromatic heterocycles. The molecule has 0 aromatic carbocycles. The number of hydrogen-bond donors (Lipinski definition) is 1. The molecule has 0 saturated heterocycles. The van der Waals surface area contributed by atoms with Gasteiger partial charge in [-0.15, -0.1) is 0 Å². The Bertz CT molecular complexity index is 304. The van der Waals surface area contributed by atoms with E-state index >= 15 is 0 Å². The standard InChI is InChI=1S/C22H43NO2/c1-3-4-5-6-7-8-9-10-11-12-13-14-15-16-17-18-19-25-22(24)21(2)20-23/h20-21,23H,3-19H2,1-2H3. The minimum absolute atomic E-state index is 0.268. The Balaban J connectivity index is 3.10. The number of esters is 1. The first-order chi connectivity index (χ1) is 12.2. The van der Waals surface area contributed by atoms with Gasteiger partial charge in [0.1, 0.15) is 0 Å². The predicted octanol–water partition coefficient (Wildman–Crippen LogP) is 7.08. The summed E-state index contributed by atoms with van der Waals surface area (Å²) >= 11 is 0. The van der Waals surface area contributed by atoms with Crippen LogP contribution in [0.5, 0.6) is 0 Å². The molecular weight excluding hydrogens is 310 g/mol. The monoisotopic (exact) mass is 353 g/mol. The van der Waals surface area contributed by atoms with Crippen molar-refractivity contribution >= 4 is 12.2 Å². The summed E-state index contributed by atoms with van der Waals surface area (Å²) in [5.41, 5.74) is 0. The highest BCUT2D eigenvalue weighted by atomic mass is 16.5. The summed E-state index contributed by atoms with van der Waals surface area (Å²) in [7, 11) is 0. The lowest BCUT2D eigenvalue weighted by Crippen LogP contribution is -2.16. The second-order valence-corrected chi connectivity index (χ2v) is 7.43. The van der Waals surface area contributed by atoms with Crippen LogP contribution in [0.1, 0.15) is 117 Å². The van der Waals surface area contributed by atoms with E-state index in [1.54, 1.807) is 6.92 Å². The molecular formula is C22H43NO2. The van der Waals surface area contributed by atoms with Crippen LogP contribution in [0.25, 0.3) is 0 Å². The van der Waals surface area contributed by atoms with Crippen molar-refractivity contribution in [3.8, 4) is 0 Å². The summed E-state index contributed by atoms with van der Waals surface area (Å²) in [6.45, 7) is 4.48. The Kier molecular flexibility index (Phi) is 18.8. The highest BCUT2D eigenvalue weighted by Gasteiger charge is 2.10. The number of ether oxygens (including phenoxy) is 1. The highest BCUT2D eigenvalue weighted by molar-refractivity contribution is 5.88. The molecule has 0 aliphatic carbocycles. The Morgan fingerprint density at radius 1 is 0.760 bits per heavy atom. The van der Waals surface area contributed by atoms with Gasteiger partial charge in [0.2, 0.25) is 0 Å². The number of unbranched alkanes of at least 4 members (excludes halogenated alkanes) is 15. The van der Waals surface area contributed by atoms with Gasteiger partial charge in [-0.25, -0.2) is 0 Å². The quantitative estimate of drug-likeness (QED) is 0.153. The van der Waals surface area contributed by atoms with E-state index in [0.717, 1.165) is 19.1 Å². The second kappa shape index (κ2) is 19.5. The lowest BCUT2D eigenvalue weighted by molar-refractivity contribution is -0.145. The molecule has 1 unspecified atom stereocenters. The van der Waals surface area contributed by atoms with Gasteiger partial charge in [-0.1, -0.05) is 103 Å². The Morgan fingerprint density at radius 2 is 1.12 bits per heavy atom. The van der Waals surface area contributed by atoms with Crippen LogP contribution in [0, 0.1) is 11.3 Å². The lowest BCUT2D eigenvalue weighted by atomic mass is 10.0. The Labute approximate surface area is 156 Å². The first-order valence-electron chi connectivity index (χ1n) is 10.9. The molecule has 0 aromatic rings. The molecule has 0 spiro atoms. The summed E-state index contributed by atoms with van der Waals surface area (Å²) in [4.78, 5) is 11.4. The maximum atomic E-state index is 11.4. The van der Waals surface area contributed by atoms with Gasteiger partial charge < -0.3 is 10.1 Å². The SMILES string of the molecule is CCCCCCCCCCCCCCCCCCOC(=O)C(C)C=N. The van der Waals surface area contributed by atoms with Gasteiger partial charge in [0, 0.05) is 6.21 Å². The molecule has 0 radical (unpaired) electrons. The van der Waals surface area contributed by atoms with Gasteiger partial charge in [-0.2, -0.15) is 0 Å². The zero-order valence-electron chi connectivity index (χ0n) is 17.0. The van der Waals surface area contributed by atoms with Crippen molar-refractivity contribution in [2.75, 3.05) is 6.61 Å². The van der Waals surface area contributed by atoms with Crippen molar-refractivity contribution in [3.05, 3.63) is 0 Å². The van der Waals surface area contributed by atoms with Gasteiger partial charge >= 0.3 is 5.97 Å². The van der Waals surface area contributed by atoms with Crippen molar-refractivity contribution in [2.45, 2.75) is 117 Å². The van der Waals surface area contributed by atoms with E-state index in [1.807, 2.05) is 0 Å². The van der Waals surface area contributed by atoms with Crippen LogP contribution in [-0.2, 0) is 9.53 Å². The molecule has 0 aliphatic rings. The van der Waals surface area contributed by atoms with Crippen LogP contribution in [0.15, 0.2) is 0 Å². The van der Waals surface area contributed by atoms with Crippen LogP contribution >= 0.6 is 0 Å². The summed E-state index contributed by atoms with van der Waals surface area (Å²) in [5.74, 6) is -0.669. The largest absolute Gasteiger partial charge is 0.465 e.